The van der Waals surface area contributed by atoms with Crippen molar-refractivity contribution in [1.29, 1.82) is 0 Å². The number of amides is 2. The molecule has 2 aliphatic rings. The van der Waals surface area contributed by atoms with Crippen LogP contribution in [0.3, 0.4) is 0 Å². The number of anilines is 1. The highest BCUT2D eigenvalue weighted by atomic mass is 32.2. The number of benzene rings is 3. The molecule has 0 saturated carbocycles. The van der Waals surface area contributed by atoms with Crippen LogP contribution in [0.5, 0.6) is 0 Å². The Bertz CT molecular complexity index is 1560. The first-order chi connectivity index (χ1) is 18.5. The van der Waals surface area contributed by atoms with Gasteiger partial charge in [0.15, 0.2) is 0 Å². The van der Waals surface area contributed by atoms with Crippen molar-refractivity contribution in [2.45, 2.75) is 20.4 Å². The molecule has 0 spiro atoms. The zero-order chi connectivity index (χ0) is 26.2. The Morgan fingerprint density at radius 1 is 0.895 bits per heavy atom. The zero-order valence-electron chi connectivity index (χ0n) is 21.5. The molecule has 0 aliphatic carbocycles. The number of aromatic nitrogens is 1. The normalized spacial score (nSPS) is 17.3. The van der Waals surface area contributed by atoms with Crippen LogP contribution in [0.2, 0.25) is 0 Å². The maximum absolute atomic E-state index is 13.3. The van der Waals surface area contributed by atoms with Crippen LogP contribution in [-0.4, -0.2) is 46.9 Å². The Labute approximate surface area is 226 Å². The average Bonchev–Trinajstić information content (AvgIpc) is 3.37. The van der Waals surface area contributed by atoms with Crippen LogP contribution in [-0.2, 0) is 16.1 Å². The largest absolute Gasteiger partial charge is 0.378 e. The molecule has 4 aromatic rings. The van der Waals surface area contributed by atoms with Crippen molar-refractivity contribution >= 4 is 45.4 Å². The highest BCUT2D eigenvalue weighted by Gasteiger charge is 2.35. The van der Waals surface area contributed by atoms with E-state index in [4.69, 9.17) is 4.74 Å². The van der Waals surface area contributed by atoms with E-state index in [9.17, 15) is 9.59 Å². The van der Waals surface area contributed by atoms with Gasteiger partial charge < -0.3 is 14.2 Å². The zero-order valence-corrected chi connectivity index (χ0v) is 22.3. The highest BCUT2D eigenvalue weighted by Crippen LogP contribution is 2.35. The van der Waals surface area contributed by atoms with Gasteiger partial charge >= 0.3 is 0 Å². The molecule has 0 bridgehead atoms. The smallest absolute Gasteiger partial charge is 0.293 e. The number of thioether (sulfide) groups is 1. The number of hydrogen-bond donors (Lipinski definition) is 0. The molecule has 192 valence electrons. The SMILES string of the molecule is Cc1cc(/C=C2\SC(=O)N(Cc3cccc4ccccc34)C2=O)c(C)n1-c1ccc(N2CCOCC2)cc1. The molecule has 2 aliphatic heterocycles. The lowest BCUT2D eigenvalue weighted by atomic mass is 10.0. The van der Waals surface area contributed by atoms with Crippen molar-refractivity contribution < 1.29 is 14.3 Å². The average molecular weight is 524 g/mol. The number of nitrogens with zero attached hydrogens (tertiary/aromatic N) is 3. The van der Waals surface area contributed by atoms with E-state index >= 15 is 0 Å². The number of fused-ring (bicyclic) bond motifs is 1. The van der Waals surface area contributed by atoms with Crippen molar-refractivity contribution in [2.75, 3.05) is 31.2 Å². The first-order valence-electron chi connectivity index (χ1n) is 12.8. The maximum Gasteiger partial charge on any atom is 0.293 e. The quantitative estimate of drug-likeness (QED) is 0.287. The van der Waals surface area contributed by atoms with Gasteiger partial charge in [-0.15, -0.1) is 0 Å². The summed E-state index contributed by atoms with van der Waals surface area (Å²) in [6, 6.07) is 24.7. The third-order valence-corrected chi connectivity index (χ3v) is 8.23. The minimum Gasteiger partial charge on any atom is -0.378 e. The highest BCUT2D eigenvalue weighted by molar-refractivity contribution is 8.18. The van der Waals surface area contributed by atoms with E-state index in [0.717, 1.165) is 77.0 Å². The summed E-state index contributed by atoms with van der Waals surface area (Å²) < 4.78 is 7.66. The monoisotopic (exact) mass is 523 g/mol. The van der Waals surface area contributed by atoms with Crippen LogP contribution in [0.4, 0.5) is 10.5 Å². The Morgan fingerprint density at radius 2 is 1.61 bits per heavy atom. The Hall–Kier alpha value is -3.81. The van der Waals surface area contributed by atoms with Gasteiger partial charge in [0, 0.05) is 35.9 Å². The van der Waals surface area contributed by atoms with E-state index in [1.807, 2.05) is 48.5 Å². The van der Waals surface area contributed by atoms with Crippen molar-refractivity contribution in [1.82, 2.24) is 9.47 Å². The predicted molar refractivity (Wildman–Crippen MR) is 154 cm³/mol. The minimum absolute atomic E-state index is 0.235. The first-order valence-corrected chi connectivity index (χ1v) is 13.7. The summed E-state index contributed by atoms with van der Waals surface area (Å²) in [6.45, 7) is 7.70. The number of hydrogen-bond acceptors (Lipinski definition) is 5. The molecule has 2 saturated heterocycles. The fraction of sp³-hybridized carbons (Fsp3) is 0.226. The maximum atomic E-state index is 13.3. The van der Waals surface area contributed by atoms with Crippen molar-refractivity contribution in [3.63, 3.8) is 0 Å². The standard InChI is InChI=1S/C31H29N3O3S/c1-21-18-25(22(2)34(21)27-12-10-26(11-13-27)32-14-16-37-17-15-32)19-29-30(35)33(31(36)38-29)20-24-8-5-7-23-6-3-4-9-28(23)24/h3-13,18-19H,14-17,20H2,1-2H3/b29-19-. The van der Waals surface area contributed by atoms with Crippen LogP contribution in [0.25, 0.3) is 22.5 Å². The molecular formula is C31H29N3O3S. The molecule has 3 heterocycles. The molecule has 0 unspecified atom stereocenters. The van der Waals surface area contributed by atoms with E-state index in [1.165, 1.54) is 10.6 Å². The van der Waals surface area contributed by atoms with Crippen LogP contribution in [0.15, 0.2) is 77.7 Å². The molecule has 2 amide bonds. The third-order valence-electron chi connectivity index (χ3n) is 7.32. The minimum atomic E-state index is -0.243. The number of carbonyl (C=O) groups is 2. The predicted octanol–water partition coefficient (Wildman–Crippen LogP) is 6.32. The second-order valence-electron chi connectivity index (χ2n) is 9.68. The van der Waals surface area contributed by atoms with Crippen LogP contribution < -0.4 is 4.90 Å². The molecule has 2 fully saturated rings. The van der Waals surface area contributed by atoms with E-state index in [-0.39, 0.29) is 17.7 Å². The van der Waals surface area contributed by atoms with Gasteiger partial charge in [-0.1, -0.05) is 42.5 Å². The molecule has 0 N–H and O–H groups in total. The van der Waals surface area contributed by atoms with Gasteiger partial charge in [0.1, 0.15) is 0 Å². The van der Waals surface area contributed by atoms with Gasteiger partial charge in [-0.25, -0.2) is 0 Å². The Balaban J connectivity index is 1.24. The lowest BCUT2D eigenvalue weighted by Gasteiger charge is -2.29. The van der Waals surface area contributed by atoms with Crippen LogP contribution in [0.1, 0.15) is 22.5 Å². The third kappa shape index (κ3) is 4.52. The molecule has 7 heteroatoms. The molecule has 38 heavy (non-hydrogen) atoms. The summed E-state index contributed by atoms with van der Waals surface area (Å²) in [7, 11) is 0. The van der Waals surface area contributed by atoms with Crippen LogP contribution >= 0.6 is 11.8 Å². The summed E-state index contributed by atoms with van der Waals surface area (Å²) in [5, 5.41) is 1.92. The van der Waals surface area contributed by atoms with Crippen molar-refractivity contribution in [3.05, 3.63) is 100 Å². The van der Waals surface area contributed by atoms with E-state index in [1.54, 1.807) is 0 Å². The summed E-state index contributed by atoms with van der Waals surface area (Å²) in [6.07, 6.45) is 1.86. The molecule has 6 rings (SSSR count). The summed E-state index contributed by atoms with van der Waals surface area (Å²) in [5.74, 6) is -0.243. The number of aryl methyl sites for hydroxylation is 1. The molecule has 1 aromatic heterocycles. The van der Waals surface area contributed by atoms with Gasteiger partial charge in [-0.2, -0.15) is 0 Å². The molecule has 0 radical (unpaired) electrons. The summed E-state index contributed by atoms with van der Waals surface area (Å²) >= 11 is 1.01. The fourth-order valence-electron chi connectivity index (χ4n) is 5.34. The first kappa shape index (κ1) is 24.5. The van der Waals surface area contributed by atoms with Crippen molar-refractivity contribution in [2.24, 2.45) is 0 Å². The summed E-state index contributed by atoms with van der Waals surface area (Å²) in [5.41, 5.74) is 6.27. The molecule has 3 aromatic carbocycles. The molecular weight excluding hydrogens is 494 g/mol. The number of rotatable bonds is 5. The van der Waals surface area contributed by atoms with E-state index < -0.39 is 0 Å². The number of morpholine rings is 1. The van der Waals surface area contributed by atoms with Gasteiger partial charge in [0.2, 0.25) is 0 Å². The number of ether oxygens (including phenoxy) is 1. The van der Waals surface area contributed by atoms with Gasteiger partial charge in [0.05, 0.1) is 24.7 Å². The molecule has 6 nitrogen and oxygen atoms in total. The second-order valence-corrected chi connectivity index (χ2v) is 10.7. The topological polar surface area (TPSA) is 54.8 Å². The van der Waals surface area contributed by atoms with Gasteiger partial charge in [0.25, 0.3) is 11.1 Å². The van der Waals surface area contributed by atoms with Crippen molar-refractivity contribution in [3.8, 4) is 5.69 Å². The molecule has 0 atom stereocenters. The fourth-order valence-corrected chi connectivity index (χ4v) is 6.17. The lowest BCUT2D eigenvalue weighted by molar-refractivity contribution is -0.123. The Kier molecular flexibility index (Phi) is 6.55. The van der Waals surface area contributed by atoms with Crippen LogP contribution in [0, 0.1) is 13.8 Å². The van der Waals surface area contributed by atoms with Gasteiger partial charge in [-0.05, 0) is 83.9 Å². The number of carbonyl (C=O) groups excluding carboxylic acids is 2. The second kappa shape index (κ2) is 10.2. The van der Waals surface area contributed by atoms with Gasteiger partial charge in [-0.3, -0.25) is 14.5 Å². The lowest BCUT2D eigenvalue weighted by Crippen LogP contribution is -2.36. The van der Waals surface area contributed by atoms with E-state index in [0.29, 0.717) is 4.91 Å². The summed E-state index contributed by atoms with van der Waals surface area (Å²) in [4.78, 5) is 30.3. The Morgan fingerprint density at radius 3 is 2.39 bits per heavy atom. The number of imide groups is 1. The van der Waals surface area contributed by atoms with E-state index in [2.05, 4.69) is 53.6 Å².